The normalized spacial score (nSPS) is 24.9. The Morgan fingerprint density at radius 1 is 1.24 bits per heavy atom. The Bertz CT molecular complexity index is 1040. The van der Waals surface area contributed by atoms with E-state index in [2.05, 4.69) is 4.99 Å². The lowest BCUT2D eigenvalue weighted by atomic mass is 9.92. The summed E-state index contributed by atoms with van der Waals surface area (Å²) < 4.78 is 25.8. The number of hydrogen-bond donors (Lipinski definition) is 0. The van der Waals surface area contributed by atoms with E-state index in [9.17, 15) is 9.59 Å². The van der Waals surface area contributed by atoms with Crippen LogP contribution in [0.25, 0.3) is 0 Å². The molecule has 1 saturated heterocycles. The first-order valence-electron chi connectivity index (χ1n) is 11.1. The molecule has 3 aliphatic rings. The van der Waals surface area contributed by atoms with Gasteiger partial charge in [0.05, 0.1) is 43.1 Å². The molecule has 0 aliphatic carbocycles. The zero-order valence-electron chi connectivity index (χ0n) is 19.2. The standard InChI is InChI=1S/C24H28FN3O4S/c1-5-19-21(23(30)31-4)22(17-8-6-7-9-18(17)25)28-16(13-33-24(28)26-19)10-20(29)27-11-14(2)32-15(3)12-27/h6-9,13-15,22H,5,10-12H2,1-4H3/t14-,15+,22-/m0/s1. The fourth-order valence-electron chi connectivity index (χ4n) is 4.55. The molecular weight excluding hydrogens is 445 g/mol. The Kier molecular flexibility index (Phi) is 6.90. The molecule has 1 fully saturated rings. The number of thioether (sulfide) groups is 1. The highest BCUT2D eigenvalue weighted by molar-refractivity contribution is 8.16. The summed E-state index contributed by atoms with van der Waals surface area (Å²) in [6, 6.07) is 5.61. The molecule has 33 heavy (non-hydrogen) atoms. The van der Waals surface area contributed by atoms with Gasteiger partial charge in [-0.2, -0.15) is 0 Å². The van der Waals surface area contributed by atoms with Gasteiger partial charge in [-0.15, -0.1) is 0 Å². The van der Waals surface area contributed by atoms with Gasteiger partial charge in [-0.25, -0.2) is 14.2 Å². The second-order valence-electron chi connectivity index (χ2n) is 8.35. The number of hydrogen-bond acceptors (Lipinski definition) is 7. The van der Waals surface area contributed by atoms with Crippen LogP contribution in [0.2, 0.25) is 0 Å². The summed E-state index contributed by atoms with van der Waals surface area (Å²) in [5.74, 6) is -1.03. The number of allylic oxidation sites excluding steroid dienone is 1. The van der Waals surface area contributed by atoms with Gasteiger partial charge in [0.2, 0.25) is 5.91 Å². The lowest BCUT2D eigenvalue weighted by Crippen LogP contribution is -2.48. The number of methoxy groups -OCH3 is 1. The number of esters is 1. The molecule has 9 heteroatoms. The Balaban J connectivity index is 1.71. The number of morpholine rings is 1. The van der Waals surface area contributed by atoms with Crippen LogP contribution in [0.4, 0.5) is 4.39 Å². The van der Waals surface area contributed by atoms with Gasteiger partial charge < -0.3 is 19.3 Å². The van der Waals surface area contributed by atoms with Crippen molar-refractivity contribution in [2.45, 2.75) is 51.9 Å². The van der Waals surface area contributed by atoms with Crippen LogP contribution in [0.5, 0.6) is 0 Å². The third kappa shape index (κ3) is 4.56. The van der Waals surface area contributed by atoms with Crippen LogP contribution in [0.15, 0.2) is 51.6 Å². The highest BCUT2D eigenvalue weighted by atomic mass is 32.2. The third-order valence-corrected chi connectivity index (χ3v) is 6.82. The van der Waals surface area contributed by atoms with Gasteiger partial charge in [-0.05, 0) is 31.7 Å². The molecule has 176 valence electrons. The predicted molar refractivity (Wildman–Crippen MR) is 125 cm³/mol. The van der Waals surface area contributed by atoms with Crippen molar-refractivity contribution in [1.82, 2.24) is 9.80 Å². The lowest BCUT2D eigenvalue weighted by molar-refractivity contribution is -0.142. The van der Waals surface area contributed by atoms with E-state index in [-0.39, 0.29) is 24.5 Å². The van der Waals surface area contributed by atoms with Gasteiger partial charge >= 0.3 is 5.97 Å². The predicted octanol–water partition coefficient (Wildman–Crippen LogP) is 3.99. The average molecular weight is 474 g/mol. The minimum Gasteiger partial charge on any atom is -0.466 e. The minimum absolute atomic E-state index is 0.0381. The van der Waals surface area contributed by atoms with Crippen molar-refractivity contribution >= 4 is 28.8 Å². The minimum atomic E-state index is -0.766. The van der Waals surface area contributed by atoms with Crippen molar-refractivity contribution in [1.29, 1.82) is 0 Å². The van der Waals surface area contributed by atoms with Crippen molar-refractivity contribution in [2.75, 3.05) is 20.2 Å². The first kappa shape index (κ1) is 23.5. The van der Waals surface area contributed by atoms with Crippen molar-refractivity contribution in [2.24, 2.45) is 4.99 Å². The molecule has 4 rings (SSSR count). The fraction of sp³-hybridized carbons (Fsp3) is 0.458. The second-order valence-corrected chi connectivity index (χ2v) is 9.19. The smallest absolute Gasteiger partial charge is 0.338 e. The zero-order valence-corrected chi connectivity index (χ0v) is 20.0. The van der Waals surface area contributed by atoms with E-state index in [0.717, 1.165) is 0 Å². The van der Waals surface area contributed by atoms with Crippen LogP contribution < -0.4 is 0 Å². The van der Waals surface area contributed by atoms with Crippen molar-refractivity contribution < 1.29 is 23.5 Å². The third-order valence-electron chi connectivity index (χ3n) is 5.93. The second kappa shape index (κ2) is 9.69. The van der Waals surface area contributed by atoms with Crippen LogP contribution in [-0.4, -0.2) is 59.3 Å². The molecule has 7 nitrogen and oxygen atoms in total. The summed E-state index contributed by atoms with van der Waals surface area (Å²) in [6.07, 6.45) is 0.532. The number of fused-ring (bicyclic) bond motifs is 1. The largest absolute Gasteiger partial charge is 0.466 e. The van der Waals surface area contributed by atoms with Crippen LogP contribution in [0, 0.1) is 5.82 Å². The summed E-state index contributed by atoms with van der Waals surface area (Å²) in [7, 11) is 1.31. The Morgan fingerprint density at radius 2 is 1.94 bits per heavy atom. The Labute approximate surface area is 197 Å². The molecule has 0 aromatic heterocycles. The monoisotopic (exact) mass is 473 g/mol. The molecule has 1 aromatic rings. The molecule has 3 heterocycles. The topological polar surface area (TPSA) is 71.4 Å². The molecule has 1 amide bonds. The number of halogens is 1. The first-order chi connectivity index (χ1) is 15.8. The fourth-order valence-corrected chi connectivity index (χ4v) is 5.49. The first-order valence-corrected chi connectivity index (χ1v) is 11.9. The van der Waals surface area contributed by atoms with Gasteiger partial charge in [0.25, 0.3) is 0 Å². The van der Waals surface area contributed by atoms with E-state index in [4.69, 9.17) is 9.47 Å². The molecule has 3 aliphatic heterocycles. The van der Waals surface area contributed by atoms with Gasteiger partial charge in [0.1, 0.15) is 5.82 Å². The maximum absolute atomic E-state index is 15.0. The lowest BCUT2D eigenvalue weighted by Gasteiger charge is -2.38. The number of nitrogens with zero attached hydrogens (tertiary/aromatic N) is 3. The summed E-state index contributed by atoms with van der Waals surface area (Å²) in [4.78, 5) is 34.3. The van der Waals surface area contributed by atoms with Gasteiger partial charge in [0, 0.05) is 24.4 Å². The molecule has 0 saturated carbocycles. The van der Waals surface area contributed by atoms with Gasteiger partial charge in [-0.3, -0.25) is 4.79 Å². The molecule has 0 N–H and O–H groups in total. The molecular formula is C24H28FN3O4S. The maximum atomic E-state index is 15.0. The molecule has 0 bridgehead atoms. The summed E-state index contributed by atoms with van der Waals surface area (Å²) in [5.41, 5.74) is 1.88. The molecule has 1 aromatic carbocycles. The number of rotatable bonds is 5. The molecule has 0 unspecified atom stereocenters. The summed E-state index contributed by atoms with van der Waals surface area (Å²) in [5, 5.41) is 2.49. The van der Waals surface area contributed by atoms with Crippen molar-refractivity contribution in [3.63, 3.8) is 0 Å². The number of carbonyl (C=O) groups is 2. The van der Waals surface area contributed by atoms with Gasteiger partial charge in [0.15, 0.2) is 5.17 Å². The number of amides is 1. The van der Waals surface area contributed by atoms with E-state index in [0.29, 0.717) is 47.2 Å². The number of aliphatic imine (C=N–C) groups is 1. The van der Waals surface area contributed by atoms with Crippen LogP contribution >= 0.6 is 11.8 Å². The van der Waals surface area contributed by atoms with E-state index in [1.165, 1.54) is 24.9 Å². The highest BCUT2D eigenvalue weighted by Crippen LogP contribution is 2.46. The van der Waals surface area contributed by atoms with E-state index < -0.39 is 17.8 Å². The number of amidine groups is 1. The van der Waals surface area contributed by atoms with Crippen molar-refractivity contribution in [3.05, 3.63) is 58.0 Å². The van der Waals surface area contributed by atoms with Crippen LogP contribution in [-0.2, 0) is 19.1 Å². The van der Waals surface area contributed by atoms with E-state index in [1.54, 1.807) is 28.0 Å². The molecule has 3 atom stereocenters. The van der Waals surface area contributed by atoms with E-state index in [1.807, 2.05) is 26.2 Å². The van der Waals surface area contributed by atoms with Crippen LogP contribution in [0.3, 0.4) is 0 Å². The Morgan fingerprint density at radius 3 is 2.58 bits per heavy atom. The van der Waals surface area contributed by atoms with Gasteiger partial charge in [-0.1, -0.05) is 36.9 Å². The number of benzene rings is 1. The zero-order chi connectivity index (χ0) is 23.7. The quantitative estimate of drug-likeness (QED) is 0.603. The highest BCUT2D eigenvalue weighted by Gasteiger charge is 2.43. The van der Waals surface area contributed by atoms with Crippen molar-refractivity contribution in [3.8, 4) is 0 Å². The number of ether oxygens (including phenoxy) is 2. The number of carbonyl (C=O) groups excluding carboxylic acids is 2. The van der Waals surface area contributed by atoms with E-state index >= 15 is 4.39 Å². The Hall–Kier alpha value is -2.65. The van der Waals surface area contributed by atoms with Crippen LogP contribution in [0.1, 0.15) is 45.2 Å². The maximum Gasteiger partial charge on any atom is 0.338 e. The average Bonchev–Trinajstić information content (AvgIpc) is 3.19. The summed E-state index contributed by atoms with van der Waals surface area (Å²) >= 11 is 1.38. The molecule has 0 radical (unpaired) electrons. The SMILES string of the molecule is CCC1=C(C(=O)OC)[C@H](c2ccccc2F)N2C(CC(=O)N3C[C@@H](C)O[C@@H](C)C3)=CSC2=N1. The summed E-state index contributed by atoms with van der Waals surface area (Å²) in [6.45, 7) is 6.84. The molecule has 0 spiro atoms.